The lowest BCUT2D eigenvalue weighted by Gasteiger charge is -1.96. The second-order valence-electron chi connectivity index (χ2n) is 2.65. The maximum absolute atomic E-state index is 8.88. The van der Waals surface area contributed by atoms with Gasteiger partial charge in [-0.1, -0.05) is 12.2 Å². The van der Waals surface area contributed by atoms with Crippen LogP contribution in [0.4, 0.5) is 0 Å². The van der Waals surface area contributed by atoms with E-state index < -0.39 is 15.6 Å². The van der Waals surface area contributed by atoms with Crippen molar-refractivity contribution in [1.29, 1.82) is 0 Å². The van der Waals surface area contributed by atoms with Crippen LogP contribution in [0, 0.1) is 0 Å². The Labute approximate surface area is 114 Å². The summed E-state index contributed by atoms with van der Waals surface area (Å²) in [6, 6.07) is 0. The van der Waals surface area contributed by atoms with Crippen molar-refractivity contribution >= 4 is 38.8 Å². The predicted molar refractivity (Wildman–Crippen MR) is 68.3 cm³/mol. The molecule has 0 amide bonds. The van der Waals surface area contributed by atoms with Crippen molar-refractivity contribution in [3.63, 3.8) is 0 Å². The number of phosphoric acid groups is 2. The average molecular weight is 349 g/mol. The Morgan fingerprint density at radius 2 is 1.00 bits per heavy atom. The van der Waals surface area contributed by atoms with Gasteiger partial charge in [0.05, 0.1) is 0 Å². The molecule has 0 unspecified atom stereocenters. The Kier molecular flexibility index (Phi) is 16.5. The third-order valence-corrected chi connectivity index (χ3v) is 1.27. The second-order valence-corrected chi connectivity index (χ2v) is 5.46. The Balaban J connectivity index is -0.000000197. The molecular weight excluding hydrogens is 333 g/mol. The Morgan fingerprint density at radius 3 is 1.11 bits per heavy atom. The van der Waals surface area contributed by atoms with Gasteiger partial charge in [0.2, 0.25) is 0 Å². The minimum Gasteiger partial charge on any atom is -0.303 e. The maximum atomic E-state index is 8.88. The molecule has 0 aliphatic rings. The highest BCUT2D eigenvalue weighted by Crippen LogP contribution is 2.26. The van der Waals surface area contributed by atoms with Gasteiger partial charge in [-0.25, -0.2) is 9.13 Å². The first-order valence-corrected chi connectivity index (χ1v) is 8.36. The topological polar surface area (TPSA) is 156 Å². The number of allylic oxidation sites excluding steroid dienone is 1. The lowest BCUT2D eigenvalue weighted by molar-refractivity contribution is 0.272. The summed E-state index contributed by atoms with van der Waals surface area (Å²) in [6.07, 6.45) is 1.79. The molecule has 0 saturated heterocycles. The third kappa shape index (κ3) is 93.4. The van der Waals surface area contributed by atoms with E-state index in [0.717, 1.165) is 18.4 Å². The second kappa shape index (κ2) is 12.6. The van der Waals surface area contributed by atoms with Crippen LogP contribution in [0.5, 0.6) is 0 Å². The number of hydrogen-bond acceptors (Lipinski definition) is 2. The van der Waals surface area contributed by atoms with Crippen LogP contribution in [0.1, 0.15) is 12.8 Å². The Morgan fingerprint density at radius 1 is 0.833 bits per heavy atom. The number of rotatable bonds is 4. The first-order chi connectivity index (χ1) is 7.81. The van der Waals surface area contributed by atoms with Gasteiger partial charge in [0.25, 0.3) is 0 Å². The molecule has 0 atom stereocenters. The maximum Gasteiger partial charge on any atom is 0.466 e. The van der Waals surface area contributed by atoms with Gasteiger partial charge in [0.15, 0.2) is 0 Å². The van der Waals surface area contributed by atoms with Crippen molar-refractivity contribution in [3.8, 4) is 0 Å². The van der Waals surface area contributed by atoms with E-state index in [-0.39, 0.29) is 0 Å². The molecule has 0 radical (unpaired) electrons. The number of hydrogen-bond donors (Lipinski definition) is 6. The van der Waals surface area contributed by atoms with Crippen molar-refractivity contribution in [2.45, 2.75) is 12.8 Å². The average Bonchev–Trinajstić information content (AvgIpc) is 1.97. The third-order valence-electron chi connectivity index (χ3n) is 0.896. The molecule has 0 rings (SSSR count). The monoisotopic (exact) mass is 348 g/mol. The van der Waals surface area contributed by atoms with E-state index in [1.54, 1.807) is 0 Å². The molecular formula is C6H16Cl2O8P2. The minimum absolute atomic E-state index is 0.662. The zero-order valence-corrected chi connectivity index (χ0v) is 12.5. The molecule has 8 nitrogen and oxygen atoms in total. The van der Waals surface area contributed by atoms with Crippen LogP contribution in [-0.4, -0.2) is 41.1 Å². The van der Waals surface area contributed by atoms with E-state index in [1.807, 2.05) is 0 Å². The van der Waals surface area contributed by atoms with Gasteiger partial charge >= 0.3 is 15.6 Å². The molecule has 0 heterocycles. The summed E-state index contributed by atoms with van der Waals surface area (Å²) in [7, 11) is -9.28. The Hall–Kier alpha value is 0.540. The normalized spacial score (nSPS) is 10.7. The standard InChI is InChI=1S/C6H10Cl2.2H3O4P/c1-6(2-4-7)3-5-8;2*1-5(2,3)4/h1-5H2;2*(H3,1,2,3,4). The summed E-state index contributed by atoms with van der Waals surface area (Å²) in [4.78, 5) is 43.1. The minimum atomic E-state index is -4.64. The van der Waals surface area contributed by atoms with E-state index in [9.17, 15) is 0 Å². The quantitative estimate of drug-likeness (QED) is 0.249. The summed E-state index contributed by atoms with van der Waals surface area (Å²) in [5.74, 6) is 1.32. The van der Waals surface area contributed by atoms with Crippen LogP contribution in [0.15, 0.2) is 12.2 Å². The molecule has 0 aliphatic carbocycles. The molecule has 0 aromatic carbocycles. The largest absolute Gasteiger partial charge is 0.466 e. The molecule has 0 bridgehead atoms. The predicted octanol–water partition coefficient (Wildman–Crippen LogP) is 0.943. The number of halogens is 2. The first-order valence-electron chi connectivity index (χ1n) is 4.16. The van der Waals surface area contributed by atoms with Gasteiger partial charge in [0.1, 0.15) is 0 Å². The van der Waals surface area contributed by atoms with Crippen molar-refractivity contribution in [2.24, 2.45) is 0 Å². The highest BCUT2D eigenvalue weighted by Gasteiger charge is 2.00. The van der Waals surface area contributed by atoms with E-state index in [4.69, 9.17) is 61.7 Å². The van der Waals surface area contributed by atoms with Gasteiger partial charge in [-0.15, -0.1) is 23.2 Å². The van der Waals surface area contributed by atoms with E-state index in [0.29, 0.717) is 11.8 Å². The van der Waals surface area contributed by atoms with Crippen molar-refractivity contribution < 1.29 is 38.5 Å². The zero-order chi connectivity index (χ0) is 15.4. The fourth-order valence-electron chi connectivity index (χ4n) is 0.392. The van der Waals surface area contributed by atoms with E-state index in [2.05, 4.69) is 6.58 Å². The molecule has 0 spiro atoms. The van der Waals surface area contributed by atoms with Gasteiger partial charge in [-0.3, -0.25) is 0 Å². The molecule has 12 heteroatoms. The lowest BCUT2D eigenvalue weighted by atomic mass is 10.2. The summed E-state index contributed by atoms with van der Waals surface area (Å²) < 4.78 is 17.8. The summed E-state index contributed by atoms with van der Waals surface area (Å²) in [5.41, 5.74) is 1.15. The van der Waals surface area contributed by atoms with Gasteiger partial charge in [0, 0.05) is 11.8 Å². The number of alkyl halides is 2. The fourth-order valence-corrected chi connectivity index (χ4v) is 0.927. The molecule has 18 heavy (non-hydrogen) atoms. The molecule has 0 aromatic rings. The SMILES string of the molecule is C=C(CCCl)CCCl.O=P(O)(O)O.O=P(O)(O)O. The van der Waals surface area contributed by atoms with Crippen LogP contribution in [0.2, 0.25) is 0 Å². The van der Waals surface area contributed by atoms with Crippen LogP contribution in [-0.2, 0) is 9.13 Å². The van der Waals surface area contributed by atoms with Gasteiger partial charge in [-0.2, -0.15) is 0 Å². The van der Waals surface area contributed by atoms with Crippen LogP contribution in [0.3, 0.4) is 0 Å². The highest BCUT2D eigenvalue weighted by atomic mass is 35.5. The van der Waals surface area contributed by atoms with Gasteiger partial charge in [-0.05, 0) is 12.8 Å². The van der Waals surface area contributed by atoms with Crippen LogP contribution in [0.25, 0.3) is 0 Å². The van der Waals surface area contributed by atoms with E-state index in [1.165, 1.54) is 0 Å². The summed E-state index contributed by atoms with van der Waals surface area (Å²) >= 11 is 10.9. The molecule has 0 fully saturated rings. The van der Waals surface area contributed by atoms with E-state index >= 15 is 0 Å². The molecule has 0 saturated carbocycles. The van der Waals surface area contributed by atoms with Crippen LogP contribution < -0.4 is 0 Å². The molecule has 6 N–H and O–H groups in total. The zero-order valence-electron chi connectivity index (χ0n) is 9.19. The molecule has 0 aliphatic heterocycles. The van der Waals surface area contributed by atoms with Crippen LogP contribution >= 0.6 is 38.8 Å². The first kappa shape index (κ1) is 23.6. The summed E-state index contributed by atoms with van der Waals surface area (Å²) in [6.45, 7) is 3.77. The van der Waals surface area contributed by atoms with Crippen molar-refractivity contribution in [2.75, 3.05) is 11.8 Å². The van der Waals surface area contributed by atoms with Crippen molar-refractivity contribution in [3.05, 3.63) is 12.2 Å². The smallest absolute Gasteiger partial charge is 0.303 e. The van der Waals surface area contributed by atoms with Gasteiger partial charge < -0.3 is 29.4 Å². The van der Waals surface area contributed by atoms with Crippen molar-refractivity contribution in [1.82, 2.24) is 0 Å². The lowest BCUT2D eigenvalue weighted by Crippen LogP contribution is -1.83. The summed E-state index contributed by atoms with van der Waals surface area (Å²) in [5, 5.41) is 0. The highest BCUT2D eigenvalue weighted by molar-refractivity contribution is 7.45. The molecule has 112 valence electrons. The Bertz CT molecular complexity index is 253. The molecule has 0 aromatic heterocycles. The fraction of sp³-hybridized carbons (Fsp3) is 0.667.